The topological polar surface area (TPSA) is 53.1 Å². The Morgan fingerprint density at radius 1 is 1.37 bits per heavy atom. The highest BCUT2D eigenvalue weighted by Crippen LogP contribution is 2.18. The summed E-state index contributed by atoms with van der Waals surface area (Å²) in [6.45, 7) is 4.78. The molecule has 0 fully saturated rings. The molecule has 0 aliphatic rings. The molecule has 0 aliphatic heterocycles. The van der Waals surface area contributed by atoms with Crippen LogP contribution in [-0.4, -0.2) is 9.55 Å². The van der Waals surface area contributed by atoms with Gasteiger partial charge >= 0.3 is 0 Å². The van der Waals surface area contributed by atoms with E-state index in [2.05, 4.69) is 18.8 Å². The second-order valence-corrected chi connectivity index (χ2v) is 4.67. The standard InChI is InChI=1S/C14H18FN3O/c1-10(2)18-9-17-7-13(18)8-19-14-4-11(6-16)3-12(15)5-14/h3-5,7,9-10H,6,8,16H2,1-2H3. The molecule has 19 heavy (non-hydrogen) atoms. The average Bonchev–Trinajstić information content (AvgIpc) is 2.84. The average molecular weight is 263 g/mol. The summed E-state index contributed by atoms with van der Waals surface area (Å²) in [5.41, 5.74) is 7.17. The van der Waals surface area contributed by atoms with Crippen molar-refractivity contribution in [3.05, 3.63) is 47.8 Å². The van der Waals surface area contributed by atoms with E-state index in [1.165, 1.54) is 12.1 Å². The summed E-state index contributed by atoms with van der Waals surface area (Å²) in [4.78, 5) is 4.10. The highest BCUT2D eigenvalue weighted by Gasteiger charge is 2.07. The van der Waals surface area contributed by atoms with Crippen LogP contribution in [0.15, 0.2) is 30.7 Å². The van der Waals surface area contributed by atoms with Gasteiger partial charge in [0.1, 0.15) is 18.2 Å². The van der Waals surface area contributed by atoms with Gasteiger partial charge in [0.15, 0.2) is 0 Å². The fourth-order valence-electron chi connectivity index (χ4n) is 1.89. The first-order valence-corrected chi connectivity index (χ1v) is 6.23. The second kappa shape index (κ2) is 5.84. The monoisotopic (exact) mass is 263 g/mol. The molecular formula is C14H18FN3O. The van der Waals surface area contributed by atoms with Gasteiger partial charge in [-0.3, -0.25) is 0 Å². The summed E-state index contributed by atoms with van der Waals surface area (Å²) in [5, 5.41) is 0. The molecule has 1 aromatic carbocycles. The molecule has 0 atom stereocenters. The van der Waals surface area contributed by atoms with E-state index in [0.717, 1.165) is 5.69 Å². The van der Waals surface area contributed by atoms with Crippen molar-refractivity contribution in [3.8, 4) is 5.75 Å². The fourth-order valence-corrected chi connectivity index (χ4v) is 1.89. The van der Waals surface area contributed by atoms with Crippen LogP contribution in [0.2, 0.25) is 0 Å². The molecule has 0 unspecified atom stereocenters. The molecular weight excluding hydrogens is 245 g/mol. The fraction of sp³-hybridized carbons (Fsp3) is 0.357. The predicted octanol–water partition coefficient (Wildman–Crippen LogP) is 2.64. The van der Waals surface area contributed by atoms with Crippen molar-refractivity contribution < 1.29 is 9.13 Å². The van der Waals surface area contributed by atoms with Gasteiger partial charge in [-0.1, -0.05) is 0 Å². The number of halogens is 1. The number of ether oxygens (including phenoxy) is 1. The molecule has 0 bridgehead atoms. The lowest BCUT2D eigenvalue weighted by atomic mass is 10.2. The molecule has 0 aliphatic carbocycles. The van der Waals surface area contributed by atoms with E-state index in [1.54, 1.807) is 18.6 Å². The minimum atomic E-state index is -0.338. The van der Waals surface area contributed by atoms with Gasteiger partial charge in [-0.05, 0) is 31.5 Å². The van der Waals surface area contributed by atoms with Crippen molar-refractivity contribution >= 4 is 0 Å². The maximum atomic E-state index is 13.3. The van der Waals surface area contributed by atoms with E-state index in [9.17, 15) is 4.39 Å². The third-order valence-corrected chi connectivity index (χ3v) is 2.86. The van der Waals surface area contributed by atoms with Crippen LogP contribution in [0, 0.1) is 5.82 Å². The van der Waals surface area contributed by atoms with Crippen LogP contribution in [0.4, 0.5) is 4.39 Å². The smallest absolute Gasteiger partial charge is 0.130 e. The van der Waals surface area contributed by atoms with Gasteiger partial charge in [-0.2, -0.15) is 0 Å². The van der Waals surface area contributed by atoms with Crippen molar-refractivity contribution in [1.29, 1.82) is 0 Å². The van der Waals surface area contributed by atoms with Crippen molar-refractivity contribution in [2.45, 2.75) is 33.0 Å². The molecule has 5 heteroatoms. The van der Waals surface area contributed by atoms with Crippen LogP contribution in [-0.2, 0) is 13.2 Å². The highest BCUT2D eigenvalue weighted by atomic mass is 19.1. The summed E-state index contributed by atoms with van der Waals surface area (Å²) in [5.74, 6) is 0.146. The minimum absolute atomic E-state index is 0.290. The molecule has 102 valence electrons. The van der Waals surface area contributed by atoms with Crippen LogP contribution >= 0.6 is 0 Å². The van der Waals surface area contributed by atoms with Crippen LogP contribution in [0.1, 0.15) is 31.1 Å². The summed E-state index contributed by atoms with van der Waals surface area (Å²) < 4.78 is 21.0. The first-order chi connectivity index (χ1) is 9.10. The molecule has 1 heterocycles. The molecule has 0 amide bonds. The van der Waals surface area contributed by atoms with E-state index < -0.39 is 0 Å². The molecule has 2 N–H and O–H groups in total. The zero-order valence-corrected chi connectivity index (χ0v) is 11.1. The summed E-state index contributed by atoms with van der Waals surface area (Å²) in [6.07, 6.45) is 3.52. The van der Waals surface area contributed by atoms with Crippen LogP contribution in [0.25, 0.3) is 0 Å². The van der Waals surface area contributed by atoms with E-state index in [0.29, 0.717) is 24.0 Å². The number of nitrogens with zero attached hydrogens (tertiary/aromatic N) is 2. The molecule has 4 nitrogen and oxygen atoms in total. The van der Waals surface area contributed by atoms with E-state index in [4.69, 9.17) is 10.5 Å². The Labute approximate surface area is 112 Å². The molecule has 1 aromatic heterocycles. The van der Waals surface area contributed by atoms with E-state index in [1.807, 2.05) is 4.57 Å². The largest absolute Gasteiger partial charge is 0.487 e. The zero-order valence-electron chi connectivity index (χ0n) is 11.1. The van der Waals surface area contributed by atoms with Crippen molar-refractivity contribution in [2.75, 3.05) is 0 Å². The number of benzene rings is 1. The molecule has 2 rings (SSSR count). The molecule has 0 spiro atoms. The van der Waals surface area contributed by atoms with Crippen LogP contribution in [0.3, 0.4) is 0 Å². The number of nitrogens with two attached hydrogens (primary N) is 1. The Hall–Kier alpha value is -1.88. The predicted molar refractivity (Wildman–Crippen MR) is 71.2 cm³/mol. The third kappa shape index (κ3) is 3.32. The van der Waals surface area contributed by atoms with Gasteiger partial charge in [-0.15, -0.1) is 0 Å². The zero-order chi connectivity index (χ0) is 13.8. The number of aromatic nitrogens is 2. The number of imidazole rings is 1. The Morgan fingerprint density at radius 3 is 2.84 bits per heavy atom. The summed E-state index contributed by atoms with van der Waals surface area (Å²) in [6, 6.07) is 4.83. The first kappa shape index (κ1) is 13.5. The van der Waals surface area contributed by atoms with Crippen LogP contribution in [0.5, 0.6) is 5.75 Å². The highest BCUT2D eigenvalue weighted by molar-refractivity contribution is 5.29. The second-order valence-electron chi connectivity index (χ2n) is 4.67. The Balaban J connectivity index is 2.10. The maximum Gasteiger partial charge on any atom is 0.130 e. The Morgan fingerprint density at radius 2 is 2.16 bits per heavy atom. The lowest BCUT2D eigenvalue weighted by molar-refractivity contribution is 0.290. The van der Waals surface area contributed by atoms with E-state index >= 15 is 0 Å². The van der Waals surface area contributed by atoms with Crippen LogP contribution < -0.4 is 10.5 Å². The number of rotatable bonds is 5. The van der Waals surface area contributed by atoms with E-state index in [-0.39, 0.29) is 12.4 Å². The van der Waals surface area contributed by atoms with Crippen molar-refractivity contribution in [1.82, 2.24) is 9.55 Å². The van der Waals surface area contributed by atoms with Gasteiger partial charge in [0.05, 0.1) is 18.2 Å². The third-order valence-electron chi connectivity index (χ3n) is 2.86. The number of hydrogen-bond acceptors (Lipinski definition) is 3. The lowest BCUT2D eigenvalue weighted by Crippen LogP contribution is -2.07. The lowest BCUT2D eigenvalue weighted by Gasteiger charge is -2.13. The summed E-state index contributed by atoms with van der Waals surface area (Å²) >= 11 is 0. The van der Waals surface area contributed by atoms with Gasteiger partial charge in [0.25, 0.3) is 0 Å². The van der Waals surface area contributed by atoms with Gasteiger partial charge in [-0.25, -0.2) is 9.37 Å². The quantitative estimate of drug-likeness (QED) is 0.902. The molecule has 0 radical (unpaired) electrons. The Bertz CT molecular complexity index is 551. The minimum Gasteiger partial charge on any atom is -0.487 e. The summed E-state index contributed by atoms with van der Waals surface area (Å²) in [7, 11) is 0. The first-order valence-electron chi connectivity index (χ1n) is 6.23. The molecule has 0 saturated heterocycles. The maximum absolute atomic E-state index is 13.3. The van der Waals surface area contributed by atoms with Gasteiger partial charge in [0.2, 0.25) is 0 Å². The van der Waals surface area contributed by atoms with Crippen molar-refractivity contribution in [3.63, 3.8) is 0 Å². The van der Waals surface area contributed by atoms with Gasteiger partial charge in [0, 0.05) is 18.7 Å². The van der Waals surface area contributed by atoms with Gasteiger partial charge < -0.3 is 15.0 Å². The SMILES string of the molecule is CC(C)n1cncc1COc1cc(F)cc(CN)c1. The Kier molecular flexibility index (Phi) is 4.16. The molecule has 0 saturated carbocycles. The molecule has 2 aromatic rings. The normalized spacial score (nSPS) is 11.0. The number of hydrogen-bond donors (Lipinski definition) is 1. The van der Waals surface area contributed by atoms with Crippen molar-refractivity contribution in [2.24, 2.45) is 5.73 Å².